The monoisotopic (exact) mass is 352 g/mol. The molecular weight excluding hydrogens is 328 g/mol. The molecule has 0 radical (unpaired) electrons. The average Bonchev–Trinajstić information content (AvgIpc) is 3.00. The van der Waals surface area contributed by atoms with Crippen molar-refractivity contribution in [1.82, 2.24) is 10.2 Å². The van der Waals surface area contributed by atoms with Gasteiger partial charge in [0.25, 0.3) is 0 Å². The van der Waals surface area contributed by atoms with Crippen molar-refractivity contribution in [3.63, 3.8) is 0 Å². The number of carbonyl (C=O) groups is 1. The van der Waals surface area contributed by atoms with Crippen LogP contribution in [0.2, 0.25) is 5.02 Å². The molecule has 1 saturated carbocycles. The van der Waals surface area contributed by atoms with Gasteiger partial charge < -0.3 is 14.8 Å². The van der Waals surface area contributed by atoms with Crippen molar-refractivity contribution in [3.8, 4) is 0 Å². The second-order valence-electron chi connectivity index (χ2n) is 6.75. The third-order valence-corrected chi connectivity index (χ3v) is 4.96. The van der Waals surface area contributed by atoms with Gasteiger partial charge in [-0.3, -0.25) is 9.69 Å². The first kappa shape index (κ1) is 17.7. The molecule has 1 aliphatic carbocycles. The Morgan fingerprint density at radius 3 is 2.50 bits per heavy atom. The molecule has 132 valence electrons. The molecule has 1 spiro atoms. The van der Waals surface area contributed by atoms with Gasteiger partial charge in [0.1, 0.15) is 0 Å². The van der Waals surface area contributed by atoms with Crippen LogP contribution in [0.25, 0.3) is 0 Å². The standard InChI is InChI=1S/C18H25ClN2O3/c1-21(12-14-2-4-15(19)5-3-14)13-17(22)20-16-6-8-18(9-7-16)23-10-11-24-18/h2-5,16H,6-13H2,1H3,(H,20,22). The maximum absolute atomic E-state index is 12.2. The molecule has 1 heterocycles. The quantitative estimate of drug-likeness (QED) is 0.885. The van der Waals surface area contributed by atoms with Crippen LogP contribution in [0.4, 0.5) is 0 Å². The van der Waals surface area contributed by atoms with Crippen molar-refractivity contribution in [2.75, 3.05) is 26.8 Å². The van der Waals surface area contributed by atoms with E-state index in [1.165, 1.54) is 0 Å². The van der Waals surface area contributed by atoms with Gasteiger partial charge in [0.15, 0.2) is 5.79 Å². The van der Waals surface area contributed by atoms with Crippen molar-refractivity contribution in [1.29, 1.82) is 0 Å². The molecule has 2 fully saturated rings. The van der Waals surface area contributed by atoms with Gasteiger partial charge in [-0.15, -0.1) is 0 Å². The topological polar surface area (TPSA) is 50.8 Å². The summed E-state index contributed by atoms with van der Waals surface area (Å²) in [6.07, 6.45) is 3.54. The summed E-state index contributed by atoms with van der Waals surface area (Å²) in [5, 5.41) is 3.86. The van der Waals surface area contributed by atoms with Gasteiger partial charge in [-0.1, -0.05) is 23.7 Å². The van der Waals surface area contributed by atoms with Gasteiger partial charge >= 0.3 is 0 Å². The lowest BCUT2D eigenvalue weighted by Gasteiger charge is -2.35. The zero-order valence-electron chi connectivity index (χ0n) is 14.1. The maximum atomic E-state index is 12.2. The van der Waals surface area contributed by atoms with Crippen molar-refractivity contribution in [2.24, 2.45) is 0 Å². The predicted octanol–water partition coefficient (Wildman–Crippen LogP) is 2.57. The van der Waals surface area contributed by atoms with Gasteiger partial charge in [0.05, 0.1) is 19.8 Å². The Bertz CT molecular complexity index is 548. The molecule has 0 bridgehead atoms. The Labute approximate surface area is 148 Å². The highest BCUT2D eigenvalue weighted by molar-refractivity contribution is 6.30. The van der Waals surface area contributed by atoms with E-state index in [1.54, 1.807) is 0 Å². The highest BCUT2D eigenvalue weighted by Crippen LogP contribution is 2.35. The van der Waals surface area contributed by atoms with Crippen LogP contribution in [0.1, 0.15) is 31.2 Å². The molecule has 1 N–H and O–H groups in total. The number of halogens is 1. The molecular formula is C18H25ClN2O3. The highest BCUT2D eigenvalue weighted by Gasteiger charge is 2.40. The highest BCUT2D eigenvalue weighted by atomic mass is 35.5. The van der Waals surface area contributed by atoms with Gasteiger partial charge in [-0.05, 0) is 37.6 Å². The Hall–Kier alpha value is -1.14. The van der Waals surface area contributed by atoms with Crippen molar-refractivity contribution in [2.45, 2.75) is 44.1 Å². The maximum Gasteiger partial charge on any atom is 0.234 e. The SMILES string of the molecule is CN(CC(=O)NC1CCC2(CC1)OCCO2)Cc1ccc(Cl)cc1. The lowest BCUT2D eigenvalue weighted by atomic mass is 9.90. The number of amides is 1. The molecule has 2 aliphatic rings. The van der Waals surface area contributed by atoms with Crippen LogP contribution >= 0.6 is 11.6 Å². The molecule has 3 rings (SSSR count). The molecule has 6 heteroatoms. The lowest BCUT2D eigenvalue weighted by Crippen LogP contribution is -2.46. The second kappa shape index (κ2) is 7.83. The minimum atomic E-state index is -0.368. The molecule has 1 aliphatic heterocycles. The fourth-order valence-corrected chi connectivity index (χ4v) is 3.59. The Morgan fingerprint density at radius 2 is 1.88 bits per heavy atom. The molecule has 5 nitrogen and oxygen atoms in total. The number of nitrogens with zero attached hydrogens (tertiary/aromatic N) is 1. The second-order valence-corrected chi connectivity index (χ2v) is 7.18. The van der Waals surface area contributed by atoms with Crippen LogP contribution in [0.15, 0.2) is 24.3 Å². The molecule has 24 heavy (non-hydrogen) atoms. The lowest BCUT2D eigenvalue weighted by molar-refractivity contribution is -0.180. The van der Waals surface area contributed by atoms with Gasteiger partial charge in [0, 0.05) is 30.5 Å². The van der Waals surface area contributed by atoms with E-state index in [-0.39, 0.29) is 17.7 Å². The fraction of sp³-hybridized carbons (Fsp3) is 0.611. The van der Waals surface area contributed by atoms with E-state index in [0.717, 1.165) is 42.8 Å². The smallest absolute Gasteiger partial charge is 0.234 e. The molecule has 1 aromatic rings. The van der Waals surface area contributed by atoms with Crippen molar-refractivity contribution in [3.05, 3.63) is 34.9 Å². The van der Waals surface area contributed by atoms with E-state index in [9.17, 15) is 4.79 Å². The zero-order valence-corrected chi connectivity index (χ0v) is 14.8. The largest absolute Gasteiger partial charge is 0.352 e. The van der Waals surface area contributed by atoms with E-state index < -0.39 is 0 Å². The van der Waals surface area contributed by atoms with E-state index in [4.69, 9.17) is 21.1 Å². The summed E-state index contributed by atoms with van der Waals surface area (Å²) in [4.78, 5) is 14.2. The predicted molar refractivity (Wildman–Crippen MR) is 92.8 cm³/mol. The van der Waals surface area contributed by atoms with Crippen LogP contribution in [0, 0.1) is 0 Å². The molecule has 0 aromatic heterocycles. The molecule has 0 atom stereocenters. The minimum Gasteiger partial charge on any atom is -0.352 e. The number of rotatable bonds is 5. The summed E-state index contributed by atoms with van der Waals surface area (Å²) < 4.78 is 11.4. The summed E-state index contributed by atoms with van der Waals surface area (Å²) in [7, 11) is 1.95. The first-order valence-corrected chi connectivity index (χ1v) is 8.93. The number of likely N-dealkylation sites (N-methyl/N-ethyl adjacent to an activating group) is 1. The van der Waals surface area contributed by atoms with E-state index in [2.05, 4.69) is 5.32 Å². The van der Waals surface area contributed by atoms with Crippen LogP contribution in [-0.4, -0.2) is 49.4 Å². The minimum absolute atomic E-state index is 0.0701. The number of nitrogens with one attached hydrogen (secondary N) is 1. The van der Waals surface area contributed by atoms with E-state index >= 15 is 0 Å². The molecule has 1 aromatic carbocycles. The van der Waals surface area contributed by atoms with Gasteiger partial charge in [-0.25, -0.2) is 0 Å². The third kappa shape index (κ3) is 4.70. The summed E-state index contributed by atoms with van der Waals surface area (Å²) in [6, 6.07) is 7.93. The van der Waals surface area contributed by atoms with Crippen molar-refractivity contribution < 1.29 is 14.3 Å². The summed E-state index contributed by atoms with van der Waals surface area (Å²) >= 11 is 5.89. The number of carbonyl (C=O) groups excluding carboxylic acids is 1. The summed E-state index contributed by atoms with van der Waals surface area (Å²) in [5.41, 5.74) is 1.14. The van der Waals surface area contributed by atoms with Crippen molar-refractivity contribution >= 4 is 17.5 Å². The van der Waals surface area contributed by atoms with E-state index in [0.29, 0.717) is 19.8 Å². The van der Waals surface area contributed by atoms with Crippen LogP contribution in [0.3, 0.4) is 0 Å². The Morgan fingerprint density at radius 1 is 1.25 bits per heavy atom. The fourth-order valence-electron chi connectivity index (χ4n) is 3.46. The zero-order chi connectivity index (χ0) is 17.0. The third-order valence-electron chi connectivity index (χ3n) is 4.71. The van der Waals surface area contributed by atoms with Gasteiger partial charge in [-0.2, -0.15) is 0 Å². The average molecular weight is 353 g/mol. The number of hydrogen-bond donors (Lipinski definition) is 1. The summed E-state index contributed by atoms with van der Waals surface area (Å²) in [5.74, 6) is -0.298. The van der Waals surface area contributed by atoms with Gasteiger partial charge in [0.2, 0.25) is 5.91 Å². The molecule has 1 amide bonds. The van der Waals surface area contributed by atoms with E-state index in [1.807, 2.05) is 36.2 Å². The Balaban J connectivity index is 1.40. The van der Waals surface area contributed by atoms with Crippen LogP contribution in [-0.2, 0) is 20.8 Å². The Kier molecular flexibility index (Phi) is 5.76. The number of ether oxygens (including phenoxy) is 2. The summed E-state index contributed by atoms with van der Waals surface area (Å²) in [6.45, 7) is 2.48. The van der Waals surface area contributed by atoms with Crippen LogP contribution in [0.5, 0.6) is 0 Å². The first-order chi connectivity index (χ1) is 11.5. The van der Waals surface area contributed by atoms with Crippen LogP contribution < -0.4 is 5.32 Å². The normalized spacial score (nSPS) is 20.6. The number of benzene rings is 1. The first-order valence-electron chi connectivity index (χ1n) is 8.55. The molecule has 1 saturated heterocycles. The molecule has 0 unspecified atom stereocenters. The number of hydrogen-bond acceptors (Lipinski definition) is 4.